The van der Waals surface area contributed by atoms with Crippen molar-refractivity contribution in [3.63, 3.8) is 0 Å². The van der Waals surface area contributed by atoms with Crippen molar-refractivity contribution in [2.75, 3.05) is 0 Å². The molecule has 0 aliphatic rings. The van der Waals surface area contributed by atoms with E-state index in [1.165, 1.54) is 0 Å². The maximum Gasteiger partial charge on any atom is 0.125 e. The van der Waals surface area contributed by atoms with Gasteiger partial charge < -0.3 is 5.11 Å². The molecule has 1 atom stereocenters. The zero-order chi connectivity index (χ0) is 11.0. The number of aliphatic hydroxyl groups is 1. The summed E-state index contributed by atoms with van der Waals surface area (Å²) in [6.07, 6.45) is 6.29. The number of nitrogens with zero attached hydrogens (tertiary/aromatic N) is 3. The average molecular weight is 231 g/mol. The van der Waals surface area contributed by atoms with Gasteiger partial charge in [0.25, 0.3) is 0 Å². The second-order valence-corrected chi connectivity index (χ2v) is 4.32. The molecule has 0 bridgehead atoms. The zero-order valence-corrected chi connectivity index (χ0v) is 9.13. The Bertz CT molecular complexity index is 602. The Morgan fingerprint density at radius 3 is 2.94 bits per heavy atom. The molecule has 0 radical (unpaired) electrons. The molecular weight excluding hydrogens is 222 g/mol. The van der Waals surface area contributed by atoms with Crippen LogP contribution in [-0.4, -0.2) is 19.5 Å². The first-order valence-electron chi connectivity index (χ1n) is 4.84. The van der Waals surface area contributed by atoms with Gasteiger partial charge >= 0.3 is 0 Å². The van der Waals surface area contributed by atoms with E-state index in [1.807, 2.05) is 16.0 Å². The van der Waals surface area contributed by atoms with E-state index in [9.17, 15) is 5.11 Å². The van der Waals surface area contributed by atoms with Crippen LogP contribution in [-0.2, 0) is 0 Å². The summed E-state index contributed by atoms with van der Waals surface area (Å²) in [5, 5.41) is 12.2. The molecule has 3 heterocycles. The molecule has 0 amide bonds. The number of imidazole rings is 1. The molecule has 16 heavy (non-hydrogen) atoms. The fourth-order valence-electron chi connectivity index (χ4n) is 1.64. The van der Waals surface area contributed by atoms with Crippen LogP contribution in [0.25, 0.3) is 4.83 Å². The van der Waals surface area contributed by atoms with Crippen molar-refractivity contribution in [2.24, 2.45) is 0 Å². The van der Waals surface area contributed by atoms with Crippen LogP contribution in [0.15, 0.2) is 42.4 Å². The van der Waals surface area contributed by atoms with Gasteiger partial charge in [-0.25, -0.2) is 4.98 Å². The van der Waals surface area contributed by atoms with Gasteiger partial charge in [0, 0.05) is 24.0 Å². The molecule has 3 rings (SSSR count). The summed E-state index contributed by atoms with van der Waals surface area (Å²) in [6.45, 7) is 0. The van der Waals surface area contributed by atoms with Crippen molar-refractivity contribution >= 4 is 16.2 Å². The van der Waals surface area contributed by atoms with Gasteiger partial charge in [-0.15, -0.1) is 11.3 Å². The monoisotopic (exact) mass is 231 g/mol. The van der Waals surface area contributed by atoms with Crippen LogP contribution in [0.5, 0.6) is 0 Å². The minimum absolute atomic E-state index is 0.688. The Kier molecular flexibility index (Phi) is 2.19. The largest absolute Gasteiger partial charge is 0.382 e. The molecule has 0 saturated heterocycles. The molecule has 3 aromatic rings. The van der Waals surface area contributed by atoms with Gasteiger partial charge in [-0.3, -0.25) is 9.38 Å². The Morgan fingerprint density at radius 2 is 2.12 bits per heavy atom. The first-order valence-corrected chi connectivity index (χ1v) is 5.72. The highest BCUT2D eigenvalue weighted by Crippen LogP contribution is 2.26. The zero-order valence-electron chi connectivity index (χ0n) is 8.32. The van der Waals surface area contributed by atoms with Crippen LogP contribution in [0.3, 0.4) is 0 Å². The first-order chi connectivity index (χ1) is 7.86. The Balaban J connectivity index is 2.08. The molecule has 0 aliphatic carbocycles. The predicted molar refractivity (Wildman–Crippen MR) is 61.4 cm³/mol. The minimum Gasteiger partial charge on any atom is -0.382 e. The normalized spacial score (nSPS) is 13.1. The van der Waals surface area contributed by atoms with E-state index < -0.39 is 6.10 Å². The van der Waals surface area contributed by atoms with E-state index in [0.717, 1.165) is 10.4 Å². The van der Waals surface area contributed by atoms with Crippen LogP contribution >= 0.6 is 11.3 Å². The van der Waals surface area contributed by atoms with Gasteiger partial charge in [-0.05, 0) is 17.7 Å². The topological polar surface area (TPSA) is 50.4 Å². The summed E-state index contributed by atoms with van der Waals surface area (Å²) >= 11 is 1.57. The minimum atomic E-state index is -0.688. The van der Waals surface area contributed by atoms with Gasteiger partial charge in [0.1, 0.15) is 23.0 Å². The van der Waals surface area contributed by atoms with Crippen molar-refractivity contribution in [1.82, 2.24) is 14.4 Å². The molecule has 0 spiro atoms. The lowest BCUT2D eigenvalue weighted by atomic mass is 10.1. The molecule has 4 nitrogen and oxygen atoms in total. The van der Waals surface area contributed by atoms with Gasteiger partial charge in [0.05, 0.1) is 0 Å². The number of fused-ring (bicyclic) bond motifs is 1. The molecule has 1 N–H and O–H groups in total. The Labute approximate surface area is 95.8 Å². The fraction of sp³-hybridized carbons (Fsp3) is 0.0909. The quantitative estimate of drug-likeness (QED) is 0.732. The standard InChI is InChI=1S/C11H9N3OS/c15-10(8-1-3-12-4-2-8)9-11-14(7-13-9)5-6-16-11/h1-7,10,15H. The molecule has 0 saturated carbocycles. The smallest absolute Gasteiger partial charge is 0.125 e. The lowest BCUT2D eigenvalue weighted by molar-refractivity contribution is 0.217. The van der Waals surface area contributed by atoms with Crippen molar-refractivity contribution in [3.8, 4) is 0 Å². The lowest BCUT2D eigenvalue weighted by Crippen LogP contribution is -2.00. The highest BCUT2D eigenvalue weighted by Gasteiger charge is 2.16. The fourth-order valence-corrected chi connectivity index (χ4v) is 2.48. The van der Waals surface area contributed by atoms with E-state index >= 15 is 0 Å². The Morgan fingerprint density at radius 1 is 1.31 bits per heavy atom. The van der Waals surface area contributed by atoms with E-state index in [0.29, 0.717) is 5.69 Å². The molecule has 80 valence electrons. The molecule has 0 aliphatic heterocycles. The maximum atomic E-state index is 10.2. The van der Waals surface area contributed by atoms with Crippen molar-refractivity contribution in [1.29, 1.82) is 0 Å². The second-order valence-electron chi connectivity index (χ2n) is 3.43. The van der Waals surface area contributed by atoms with Gasteiger partial charge in [0.15, 0.2) is 0 Å². The summed E-state index contributed by atoms with van der Waals surface area (Å²) in [4.78, 5) is 9.14. The van der Waals surface area contributed by atoms with Crippen LogP contribution in [0.4, 0.5) is 0 Å². The maximum absolute atomic E-state index is 10.2. The van der Waals surface area contributed by atoms with Crippen LogP contribution in [0.2, 0.25) is 0 Å². The third-order valence-corrected chi connectivity index (χ3v) is 3.36. The van der Waals surface area contributed by atoms with E-state index in [4.69, 9.17) is 0 Å². The summed E-state index contributed by atoms with van der Waals surface area (Å²) < 4.78 is 1.91. The molecule has 0 aromatic carbocycles. The van der Waals surface area contributed by atoms with Crippen LogP contribution in [0, 0.1) is 0 Å². The lowest BCUT2D eigenvalue weighted by Gasteiger charge is -2.07. The SMILES string of the molecule is OC(c1ccncc1)c1ncn2ccsc12. The number of aromatic nitrogens is 3. The molecular formula is C11H9N3OS. The van der Waals surface area contributed by atoms with Crippen molar-refractivity contribution < 1.29 is 5.11 Å². The van der Waals surface area contributed by atoms with Crippen molar-refractivity contribution in [3.05, 3.63) is 53.7 Å². The number of rotatable bonds is 2. The van der Waals surface area contributed by atoms with Crippen LogP contribution < -0.4 is 0 Å². The number of aliphatic hydroxyl groups excluding tert-OH is 1. The van der Waals surface area contributed by atoms with Crippen LogP contribution in [0.1, 0.15) is 17.4 Å². The Hall–Kier alpha value is -1.72. The second kappa shape index (κ2) is 3.70. The number of thiazole rings is 1. The molecule has 0 fully saturated rings. The van der Waals surface area contributed by atoms with Gasteiger partial charge in [0.2, 0.25) is 0 Å². The number of pyridine rings is 1. The average Bonchev–Trinajstić information content (AvgIpc) is 2.91. The third kappa shape index (κ3) is 1.41. The molecule has 5 heteroatoms. The van der Waals surface area contributed by atoms with Crippen molar-refractivity contribution in [2.45, 2.75) is 6.10 Å². The number of hydrogen-bond acceptors (Lipinski definition) is 4. The van der Waals surface area contributed by atoms with Gasteiger partial charge in [-0.2, -0.15) is 0 Å². The highest BCUT2D eigenvalue weighted by molar-refractivity contribution is 7.15. The number of hydrogen-bond donors (Lipinski definition) is 1. The molecule has 3 aromatic heterocycles. The first kappa shape index (κ1) is 9.50. The highest BCUT2D eigenvalue weighted by atomic mass is 32.1. The third-order valence-electron chi connectivity index (χ3n) is 2.46. The van der Waals surface area contributed by atoms with E-state index in [1.54, 1.807) is 42.2 Å². The summed E-state index contributed by atoms with van der Waals surface area (Å²) in [6, 6.07) is 3.59. The summed E-state index contributed by atoms with van der Waals surface area (Å²) in [5.41, 5.74) is 1.50. The van der Waals surface area contributed by atoms with Gasteiger partial charge in [-0.1, -0.05) is 0 Å². The summed E-state index contributed by atoms with van der Waals surface area (Å²) in [7, 11) is 0. The summed E-state index contributed by atoms with van der Waals surface area (Å²) in [5.74, 6) is 0. The molecule has 1 unspecified atom stereocenters. The van der Waals surface area contributed by atoms with E-state index in [2.05, 4.69) is 9.97 Å². The predicted octanol–water partition coefficient (Wildman–Crippen LogP) is 1.87. The van der Waals surface area contributed by atoms with E-state index in [-0.39, 0.29) is 0 Å².